The lowest BCUT2D eigenvalue weighted by Crippen LogP contribution is -2.31. The van der Waals surface area contributed by atoms with Crippen molar-refractivity contribution < 1.29 is 14.2 Å². The van der Waals surface area contributed by atoms with Crippen molar-refractivity contribution in [1.82, 2.24) is 14.0 Å². The Morgan fingerprint density at radius 2 is 1.65 bits per heavy atom. The molecule has 1 aliphatic rings. The zero-order chi connectivity index (χ0) is 22.0. The normalized spacial score (nSPS) is 16.4. The first-order valence-electron chi connectivity index (χ1n) is 10.7. The second-order valence-corrected chi connectivity index (χ2v) is 8.22. The Kier molecular flexibility index (Phi) is 6.34. The number of aromatic nitrogens is 2. The number of methoxy groups -OCH3 is 2. The molecule has 0 spiro atoms. The molecule has 2 heterocycles. The minimum absolute atomic E-state index is 0.00584. The highest BCUT2D eigenvalue weighted by Crippen LogP contribution is 2.28. The summed E-state index contributed by atoms with van der Waals surface area (Å²) in [5.74, 6) is 1.46. The number of hydrogen-bond acceptors (Lipinski definition) is 5. The number of imidazole rings is 1. The molecule has 1 aromatic heterocycles. The Morgan fingerprint density at radius 3 is 2.32 bits per heavy atom. The van der Waals surface area contributed by atoms with Gasteiger partial charge in [0.15, 0.2) is 11.5 Å². The number of aryl methyl sites for hydroxylation is 2. The Morgan fingerprint density at radius 1 is 0.968 bits per heavy atom. The van der Waals surface area contributed by atoms with Crippen LogP contribution >= 0.6 is 0 Å². The molecule has 0 saturated carbocycles. The highest BCUT2D eigenvalue weighted by atomic mass is 16.5. The van der Waals surface area contributed by atoms with E-state index < -0.39 is 0 Å². The molecule has 0 unspecified atom stereocenters. The average molecular weight is 426 g/mol. The third-order valence-electron chi connectivity index (χ3n) is 6.08. The Labute approximate surface area is 182 Å². The Hall–Kier alpha value is -2.77. The topological polar surface area (TPSA) is 57.9 Å². The molecule has 0 amide bonds. The van der Waals surface area contributed by atoms with Crippen LogP contribution in [0.5, 0.6) is 11.5 Å². The summed E-state index contributed by atoms with van der Waals surface area (Å²) in [4.78, 5) is 14.7. The van der Waals surface area contributed by atoms with Gasteiger partial charge < -0.3 is 14.2 Å². The molecule has 31 heavy (non-hydrogen) atoms. The van der Waals surface area contributed by atoms with Crippen LogP contribution in [-0.4, -0.2) is 47.5 Å². The van der Waals surface area contributed by atoms with Crippen molar-refractivity contribution in [3.8, 4) is 11.5 Å². The first-order valence-corrected chi connectivity index (χ1v) is 10.7. The fraction of sp³-hybridized carbons (Fsp3) is 0.458. The first kappa shape index (κ1) is 21.5. The molecule has 0 radical (unpaired) electrons. The van der Waals surface area contributed by atoms with Crippen LogP contribution in [0.25, 0.3) is 11.0 Å². The molecule has 7 heteroatoms. The van der Waals surface area contributed by atoms with Crippen LogP contribution in [0.4, 0.5) is 0 Å². The Balaban J connectivity index is 1.60. The van der Waals surface area contributed by atoms with E-state index >= 15 is 0 Å². The summed E-state index contributed by atoms with van der Waals surface area (Å²) in [6.07, 6.45) is 2.46. The van der Waals surface area contributed by atoms with Crippen LogP contribution in [0, 0.1) is 0 Å². The maximum atomic E-state index is 12.3. The molecule has 2 aromatic carbocycles. The van der Waals surface area contributed by atoms with Gasteiger partial charge in [0, 0.05) is 40.3 Å². The fourth-order valence-electron chi connectivity index (χ4n) is 4.41. The highest BCUT2D eigenvalue weighted by molar-refractivity contribution is 5.76. The number of rotatable bonds is 8. The number of nitrogens with zero attached hydrogens (tertiary/aromatic N) is 3. The largest absolute Gasteiger partial charge is 0.493 e. The monoisotopic (exact) mass is 425 g/mol. The number of ether oxygens (including phenoxy) is 3. The summed E-state index contributed by atoms with van der Waals surface area (Å²) in [5.41, 5.74) is 4.22. The van der Waals surface area contributed by atoms with Crippen LogP contribution in [0.2, 0.25) is 0 Å². The van der Waals surface area contributed by atoms with Crippen molar-refractivity contribution >= 4 is 11.0 Å². The van der Waals surface area contributed by atoms with E-state index in [2.05, 4.69) is 23.1 Å². The van der Waals surface area contributed by atoms with Crippen LogP contribution in [-0.2, 0) is 31.9 Å². The molecule has 1 atom stereocenters. The van der Waals surface area contributed by atoms with Crippen molar-refractivity contribution in [2.24, 2.45) is 14.1 Å². The molecular weight excluding hydrogens is 394 g/mol. The zero-order valence-corrected chi connectivity index (χ0v) is 18.8. The average Bonchev–Trinajstić information content (AvgIpc) is 3.36. The first-order chi connectivity index (χ1) is 15.0. The molecule has 1 fully saturated rings. The smallest absolute Gasteiger partial charge is 0.328 e. The molecule has 0 bridgehead atoms. The zero-order valence-electron chi connectivity index (χ0n) is 18.8. The third kappa shape index (κ3) is 4.48. The third-order valence-corrected chi connectivity index (χ3v) is 6.08. The number of fused-ring (bicyclic) bond motifs is 1. The minimum atomic E-state index is -0.00584. The number of hydrogen-bond donors (Lipinski definition) is 0. The standard InChI is InChI=1S/C24H31N3O4/c1-25-20-9-7-17(12-21(20)26(2)24(25)28)14-27(16-19-6-5-11-31-19)15-18-8-10-22(29-3)23(13-18)30-4/h7-10,12-13,19H,5-6,11,14-16H2,1-4H3/t19-/m0/s1. The van der Waals surface area contributed by atoms with Gasteiger partial charge in [-0.25, -0.2) is 4.79 Å². The van der Waals surface area contributed by atoms with E-state index in [1.54, 1.807) is 23.4 Å². The lowest BCUT2D eigenvalue weighted by atomic mass is 10.1. The van der Waals surface area contributed by atoms with Gasteiger partial charge in [-0.3, -0.25) is 14.0 Å². The predicted molar refractivity (Wildman–Crippen MR) is 121 cm³/mol. The van der Waals surface area contributed by atoms with Gasteiger partial charge >= 0.3 is 5.69 Å². The van der Waals surface area contributed by atoms with Gasteiger partial charge in [0.25, 0.3) is 0 Å². The lowest BCUT2D eigenvalue weighted by molar-refractivity contribution is 0.0679. The van der Waals surface area contributed by atoms with Gasteiger partial charge in [0.2, 0.25) is 0 Å². The van der Waals surface area contributed by atoms with Gasteiger partial charge in [-0.1, -0.05) is 12.1 Å². The van der Waals surface area contributed by atoms with Crippen molar-refractivity contribution in [1.29, 1.82) is 0 Å². The quantitative estimate of drug-likeness (QED) is 0.555. The number of benzene rings is 2. The fourth-order valence-corrected chi connectivity index (χ4v) is 4.41. The summed E-state index contributed by atoms with van der Waals surface area (Å²) < 4.78 is 20.2. The SMILES string of the molecule is COc1ccc(CN(Cc2ccc3c(c2)n(C)c(=O)n3C)C[C@@H]2CCCO2)cc1OC. The van der Waals surface area contributed by atoms with Crippen molar-refractivity contribution in [2.75, 3.05) is 27.4 Å². The summed E-state index contributed by atoms with van der Waals surface area (Å²) >= 11 is 0. The van der Waals surface area contributed by atoms with Gasteiger partial charge in [0.1, 0.15) is 0 Å². The molecule has 1 aliphatic heterocycles. The lowest BCUT2D eigenvalue weighted by Gasteiger charge is -2.26. The van der Waals surface area contributed by atoms with Gasteiger partial charge in [-0.15, -0.1) is 0 Å². The molecule has 0 N–H and O–H groups in total. The molecule has 0 aliphatic carbocycles. The minimum Gasteiger partial charge on any atom is -0.493 e. The molecular formula is C24H31N3O4. The van der Waals surface area contributed by atoms with Crippen molar-refractivity contribution in [3.05, 3.63) is 58.0 Å². The highest BCUT2D eigenvalue weighted by Gasteiger charge is 2.20. The van der Waals surface area contributed by atoms with Crippen molar-refractivity contribution in [2.45, 2.75) is 32.0 Å². The van der Waals surface area contributed by atoms with E-state index in [0.29, 0.717) is 0 Å². The predicted octanol–water partition coefficient (Wildman–Crippen LogP) is 3.08. The van der Waals surface area contributed by atoms with E-state index in [1.165, 1.54) is 5.56 Å². The van der Waals surface area contributed by atoms with Crippen LogP contribution in [0.3, 0.4) is 0 Å². The second kappa shape index (κ2) is 9.16. The van der Waals surface area contributed by atoms with Gasteiger partial charge in [0.05, 0.1) is 31.4 Å². The van der Waals surface area contributed by atoms with Crippen LogP contribution in [0.1, 0.15) is 24.0 Å². The van der Waals surface area contributed by atoms with E-state index in [0.717, 1.165) is 67.2 Å². The van der Waals surface area contributed by atoms with E-state index in [4.69, 9.17) is 14.2 Å². The second-order valence-electron chi connectivity index (χ2n) is 8.22. The summed E-state index contributed by atoms with van der Waals surface area (Å²) in [6, 6.07) is 12.3. The molecule has 166 valence electrons. The molecule has 1 saturated heterocycles. The van der Waals surface area contributed by atoms with Gasteiger partial charge in [-0.05, 0) is 48.2 Å². The Bertz CT molecular complexity index is 1110. The van der Waals surface area contributed by atoms with Crippen molar-refractivity contribution in [3.63, 3.8) is 0 Å². The summed E-state index contributed by atoms with van der Waals surface area (Å²) in [7, 11) is 6.94. The van der Waals surface area contributed by atoms with E-state index in [9.17, 15) is 4.79 Å². The van der Waals surface area contributed by atoms with Crippen LogP contribution in [0.15, 0.2) is 41.2 Å². The molecule has 3 aromatic rings. The molecule has 7 nitrogen and oxygen atoms in total. The maximum absolute atomic E-state index is 12.3. The summed E-state index contributed by atoms with van der Waals surface area (Å²) in [5, 5.41) is 0. The van der Waals surface area contributed by atoms with Crippen LogP contribution < -0.4 is 15.2 Å². The van der Waals surface area contributed by atoms with E-state index in [-0.39, 0.29) is 11.8 Å². The summed E-state index contributed by atoms with van der Waals surface area (Å²) in [6.45, 7) is 3.24. The maximum Gasteiger partial charge on any atom is 0.328 e. The van der Waals surface area contributed by atoms with Gasteiger partial charge in [-0.2, -0.15) is 0 Å². The van der Waals surface area contributed by atoms with E-state index in [1.807, 2.05) is 32.3 Å². The molecule has 4 rings (SSSR count).